The Morgan fingerprint density at radius 2 is 2.18 bits per heavy atom. The lowest BCUT2D eigenvalue weighted by molar-refractivity contribution is -0.138. The van der Waals surface area contributed by atoms with Crippen LogP contribution >= 0.6 is 0 Å². The first-order valence-corrected chi connectivity index (χ1v) is 9.86. The second kappa shape index (κ2) is 8.22. The van der Waals surface area contributed by atoms with E-state index in [0.29, 0.717) is 24.8 Å². The van der Waals surface area contributed by atoms with E-state index in [-0.39, 0.29) is 11.7 Å². The van der Waals surface area contributed by atoms with Crippen LogP contribution in [0, 0.1) is 5.82 Å². The summed E-state index contributed by atoms with van der Waals surface area (Å²) in [6, 6.07) is 5.70. The Bertz CT molecular complexity index is 837. The van der Waals surface area contributed by atoms with Gasteiger partial charge in [-0.2, -0.15) is 0 Å². The molecule has 1 saturated heterocycles. The first kappa shape index (κ1) is 18.8. The largest absolute Gasteiger partial charge is 0.481 e. The molecule has 0 spiro atoms. The van der Waals surface area contributed by atoms with Crippen molar-refractivity contribution in [3.8, 4) is 5.75 Å². The molecule has 6 nitrogen and oxygen atoms in total. The molecule has 0 radical (unpaired) electrons. The topological polar surface area (TPSA) is 67.3 Å². The van der Waals surface area contributed by atoms with Crippen molar-refractivity contribution in [2.45, 2.75) is 44.8 Å². The standard InChI is InChI=1S/C21H25FN4O2/c1-14(28-18-6-4-17(22)5-7-18)21(27)26-10-8-19-16(13-26)12-24-20(25-19)15-3-2-9-23-11-15/h4-7,12,14-15,23H,2-3,8-11,13H2,1H3/t14-,15-/m1/s1. The lowest BCUT2D eigenvalue weighted by Gasteiger charge is -2.31. The fourth-order valence-corrected chi connectivity index (χ4v) is 3.81. The lowest BCUT2D eigenvalue weighted by Crippen LogP contribution is -2.43. The molecule has 148 valence electrons. The molecule has 0 bridgehead atoms. The number of ether oxygens (including phenoxy) is 1. The Labute approximate surface area is 164 Å². The summed E-state index contributed by atoms with van der Waals surface area (Å²) in [5.41, 5.74) is 2.05. The molecule has 2 aromatic rings. The first-order valence-electron chi connectivity index (χ1n) is 9.86. The average Bonchev–Trinajstić information content (AvgIpc) is 2.74. The van der Waals surface area contributed by atoms with E-state index < -0.39 is 6.10 Å². The summed E-state index contributed by atoms with van der Waals surface area (Å²) < 4.78 is 18.7. The summed E-state index contributed by atoms with van der Waals surface area (Å²) in [7, 11) is 0. The van der Waals surface area contributed by atoms with E-state index in [2.05, 4.69) is 10.3 Å². The lowest BCUT2D eigenvalue weighted by atomic mass is 9.98. The molecule has 0 aliphatic carbocycles. The highest BCUT2D eigenvalue weighted by atomic mass is 19.1. The number of halogens is 1. The van der Waals surface area contributed by atoms with Crippen molar-refractivity contribution in [2.24, 2.45) is 0 Å². The Hall–Kier alpha value is -2.54. The minimum absolute atomic E-state index is 0.0875. The minimum atomic E-state index is -0.638. The molecule has 2 aliphatic heterocycles. The van der Waals surface area contributed by atoms with Gasteiger partial charge in [-0.1, -0.05) is 0 Å². The number of nitrogens with zero attached hydrogens (tertiary/aromatic N) is 3. The van der Waals surface area contributed by atoms with Crippen LogP contribution in [0.4, 0.5) is 4.39 Å². The predicted molar refractivity (Wildman–Crippen MR) is 102 cm³/mol. The molecule has 2 aliphatic rings. The van der Waals surface area contributed by atoms with Gasteiger partial charge in [0.2, 0.25) is 0 Å². The summed E-state index contributed by atoms with van der Waals surface area (Å²) in [6.07, 6.45) is 4.23. The van der Waals surface area contributed by atoms with E-state index in [9.17, 15) is 9.18 Å². The van der Waals surface area contributed by atoms with Crippen LogP contribution in [0.1, 0.15) is 42.8 Å². The van der Waals surface area contributed by atoms with Gasteiger partial charge < -0.3 is 15.0 Å². The molecule has 2 atom stereocenters. The maximum Gasteiger partial charge on any atom is 0.263 e. The van der Waals surface area contributed by atoms with Crippen LogP contribution in [0.5, 0.6) is 5.75 Å². The molecule has 1 aromatic heterocycles. The Balaban J connectivity index is 1.40. The summed E-state index contributed by atoms with van der Waals surface area (Å²) in [5, 5.41) is 3.40. The fourth-order valence-electron chi connectivity index (χ4n) is 3.81. The molecule has 1 aromatic carbocycles. The molecular formula is C21H25FN4O2. The molecule has 0 saturated carbocycles. The third kappa shape index (κ3) is 4.14. The number of benzene rings is 1. The summed E-state index contributed by atoms with van der Waals surface area (Å²) in [6.45, 7) is 4.83. The van der Waals surface area contributed by atoms with Crippen LogP contribution in [0.25, 0.3) is 0 Å². The second-order valence-corrected chi connectivity index (χ2v) is 7.47. The van der Waals surface area contributed by atoms with Crippen LogP contribution in [0.3, 0.4) is 0 Å². The predicted octanol–water partition coefficient (Wildman–Crippen LogP) is 2.43. The van der Waals surface area contributed by atoms with Crippen molar-refractivity contribution in [3.05, 3.63) is 53.4 Å². The Morgan fingerprint density at radius 3 is 2.93 bits per heavy atom. The van der Waals surface area contributed by atoms with E-state index in [4.69, 9.17) is 9.72 Å². The maximum atomic E-state index is 13.0. The van der Waals surface area contributed by atoms with Crippen molar-refractivity contribution >= 4 is 5.91 Å². The van der Waals surface area contributed by atoms with Crippen molar-refractivity contribution in [1.29, 1.82) is 0 Å². The summed E-state index contributed by atoms with van der Waals surface area (Å²) in [5.74, 6) is 1.35. The number of fused-ring (bicyclic) bond motifs is 1. The number of nitrogens with one attached hydrogen (secondary N) is 1. The number of carbonyl (C=O) groups excluding carboxylic acids is 1. The molecule has 0 unspecified atom stereocenters. The number of aromatic nitrogens is 2. The number of carbonyl (C=O) groups is 1. The molecule has 1 fully saturated rings. The van der Waals surface area contributed by atoms with Crippen LogP contribution in [0.15, 0.2) is 30.5 Å². The van der Waals surface area contributed by atoms with Crippen molar-refractivity contribution < 1.29 is 13.9 Å². The monoisotopic (exact) mass is 384 g/mol. The average molecular weight is 384 g/mol. The van der Waals surface area contributed by atoms with Crippen LogP contribution in [-0.2, 0) is 17.8 Å². The second-order valence-electron chi connectivity index (χ2n) is 7.47. The van der Waals surface area contributed by atoms with E-state index in [1.807, 2.05) is 6.20 Å². The molecule has 1 N–H and O–H groups in total. The third-order valence-corrected chi connectivity index (χ3v) is 5.40. The number of hydrogen-bond acceptors (Lipinski definition) is 5. The fraction of sp³-hybridized carbons (Fsp3) is 0.476. The molecule has 7 heteroatoms. The third-order valence-electron chi connectivity index (χ3n) is 5.40. The van der Waals surface area contributed by atoms with Gasteiger partial charge >= 0.3 is 0 Å². The van der Waals surface area contributed by atoms with Crippen LogP contribution in [0.2, 0.25) is 0 Å². The number of amides is 1. The highest BCUT2D eigenvalue weighted by molar-refractivity contribution is 5.81. The van der Waals surface area contributed by atoms with Gasteiger partial charge in [-0.05, 0) is 50.6 Å². The number of hydrogen-bond donors (Lipinski definition) is 1. The highest BCUT2D eigenvalue weighted by Gasteiger charge is 2.28. The van der Waals surface area contributed by atoms with Crippen molar-refractivity contribution in [2.75, 3.05) is 19.6 Å². The smallest absolute Gasteiger partial charge is 0.263 e. The van der Waals surface area contributed by atoms with Gasteiger partial charge in [0.1, 0.15) is 17.4 Å². The van der Waals surface area contributed by atoms with Crippen LogP contribution in [-0.4, -0.2) is 46.5 Å². The number of piperidine rings is 1. The molecule has 3 heterocycles. The summed E-state index contributed by atoms with van der Waals surface area (Å²) >= 11 is 0. The van der Waals surface area contributed by atoms with E-state index >= 15 is 0 Å². The zero-order valence-electron chi connectivity index (χ0n) is 16.0. The first-order chi connectivity index (χ1) is 13.6. The van der Waals surface area contributed by atoms with Gasteiger partial charge in [0.15, 0.2) is 6.10 Å². The van der Waals surface area contributed by atoms with Crippen molar-refractivity contribution in [1.82, 2.24) is 20.2 Å². The van der Waals surface area contributed by atoms with Gasteiger partial charge in [-0.3, -0.25) is 4.79 Å². The molecular weight excluding hydrogens is 359 g/mol. The zero-order valence-corrected chi connectivity index (χ0v) is 16.0. The zero-order chi connectivity index (χ0) is 19.5. The molecule has 4 rings (SSSR count). The van der Waals surface area contributed by atoms with E-state index in [0.717, 1.165) is 49.4 Å². The highest BCUT2D eigenvalue weighted by Crippen LogP contribution is 2.24. The SMILES string of the molecule is C[C@@H](Oc1ccc(F)cc1)C(=O)N1CCc2nc([C@@H]3CCCNC3)ncc2C1. The molecule has 1 amide bonds. The maximum absolute atomic E-state index is 13.0. The van der Waals surface area contributed by atoms with E-state index in [1.54, 1.807) is 11.8 Å². The summed E-state index contributed by atoms with van der Waals surface area (Å²) in [4.78, 5) is 23.9. The van der Waals surface area contributed by atoms with E-state index in [1.165, 1.54) is 24.3 Å². The number of rotatable bonds is 4. The Kier molecular flexibility index (Phi) is 5.52. The quantitative estimate of drug-likeness (QED) is 0.877. The minimum Gasteiger partial charge on any atom is -0.481 e. The Morgan fingerprint density at radius 1 is 1.36 bits per heavy atom. The van der Waals surface area contributed by atoms with Crippen molar-refractivity contribution in [3.63, 3.8) is 0 Å². The normalized spacial score (nSPS) is 20.4. The van der Waals surface area contributed by atoms with Gasteiger partial charge in [-0.15, -0.1) is 0 Å². The van der Waals surface area contributed by atoms with Gasteiger partial charge in [0.05, 0.1) is 5.69 Å². The molecule has 28 heavy (non-hydrogen) atoms. The van der Waals surface area contributed by atoms with Gasteiger partial charge in [-0.25, -0.2) is 14.4 Å². The van der Waals surface area contributed by atoms with Gasteiger partial charge in [0, 0.05) is 43.7 Å². The van der Waals surface area contributed by atoms with Gasteiger partial charge in [0.25, 0.3) is 5.91 Å². The van der Waals surface area contributed by atoms with Crippen LogP contribution < -0.4 is 10.1 Å².